The van der Waals surface area contributed by atoms with Crippen molar-refractivity contribution >= 4 is 22.5 Å². The van der Waals surface area contributed by atoms with Crippen LogP contribution < -0.4 is 10.9 Å². The highest BCUT2D eigenvalue weighted by Crippen LogP contribution is 2.28. The molecule has 0 atom stereocenters. The van der Waals surface area contributed by atoms with E-state index in [9.17, 15) is 24.5 Å². The van der Waals surface area contributed by atoms with E-state index in [4.69, 9.17) is 0 Å². The monoisotopic (exact) mass is 427 g/mol. The summed E-state index contributed by atoms with van der Waals surface area (Å²) in [5, 5.41) is 23.0. The van der Waals surface area contributed by atoms with Gasteiger partial charge >= 0.3 is 0 Å². The molecule has 1 saturated heterocycles. The van der Waals surface area contributed by atoms with Crippen LogP contribution in [0.2, 0.25) is 0 Å². The van der Waals surface area contributed by atoms with Crippen molar-refractivity contribution in [1.29, 1.82) is 10.5 Å². The van der Waals surface area contributed by atoms with E-state index in [0.29, 0.717) is 40.8 Å². The number of benzene rings is 2. The van der Waals surface area contributed by atoms with Gasteiger partial charge in [0.1, 0.15) is 17.4 Å². The molecule has 1 fully saturated rings. The average Bonchev–Trinajstić information content (AvgIpc) is 2.78. The van der Waals surface area contributed by atoms with Crippen LogP contribution in [0.1, 0.15) is 16.7 Å². The van der Waals surface area contributed by atoms with Crippen LogP contribution in [0.15, 0.2) is 59.9 Å². The predicted molar refractivity (Wildman–Crippen MR) is 117 cm³/mol. The smallest absolute Gasteiger partial charge is 0.271 e. The fraction of sp³-hybridized carbons (Fsp3) is 0.167. The Morgan fingerprint density at radius 1 is 1.19 bits per heavy atom. The number of rotatable bonds is 5. The maximum atomic E-state index is 13.3. The zero-order chi connectivity index (χ0) is 22.8. The summed E-state index contributed by atoms with van der Waals surface area (Å²) < 4.78 is 14.7. The Labute approximate surface area is 183 Å². The molecule has 2 heterocycles. The maximum Gasteiger partial charge on any atom is 0.271 e. The first-order valence-electron chi connectivity index (χ1n) is 9.88. The highest BCUT2D eigenvalue weighted by atomic mass is 19.1. The molecule has 8 heteroatoms. The van der Waals surface area contributed by atoms with E-state index >= 15 is 0 Å². The van der Waals surface area contributed by atoms with Crippen molar-refractivity contribution in [2.24, 2.45) is 0 Å². The number of hydrogen-bond acceptors (Lipinski definition) is 5. The minimum atomic E-state index is -0.514. The number of pyridine rings is 1. The first kappa shape index (κ1) is 20.8. The molecule has 0 saturated carbocycles. The molecule has 32 heavy (non-hydrogen) atoms. The standard InChI is InChI=1S/C24H18FN5O2/c1-2-22(31)29-13-18(14-29)28-23-19-8-5-16(10-26)9-21(19)30(24(32)20(23)11-27)12-15-3-6-17(25)7-4-15/h2-9,18,28H,1,12-14H2. The first-order chi connectivity index (χ1) is 15.4. The van der Waals surface area contributed by atoms with Crippen molar-refractivity contribution in [3.05, 3.63) is 88.0 Å². The molecule has 0 bridgehead atoms. The van der Waals surface area contributed by atoms with Crippen molar-refractivity contribution in [1.82, 2.24) is 9.47 Å². The number of nitrogens with zero attached hydrogens (tertiary/aromatic N) is 4. The van der Waals surface area contributed by atoms with Gasteiger partial charge in [-0.15, -0.1) is 0 Å². The first-order valence-corrected chi connectivity index (χ1v) is 9.88. The molecule has 3 aromatic rings. The van der Waals surface area contributed by atoms with Crippen molar-refractivity contribution in [3.63, 3.8) is 0 Å². The molecule has 1 aromatic heterocycles. The predicted octanol–water partition coefficient (Wildman–Crippen LogP) is 2.74. The topological polar surface area (TPSA) is 102 Å². The summed E-state index contributed by atoms with van der Waals surface area (Å²) in [6.45, 7) is 4.43. The summed E-state index contributed by atoms with van der Waals surface area (Å²) in [4.78, 5) is 26.6. The zero-order valence-corrected chi connectivity index (χ0v) is 17.0. The number of anilines is 1. The van der Waals surface area contributed by atoms with Gasteiger partial charge in [-0.3, -0.25) is 9.59 Å². The van der Waals surface area contributed by atoms with E-state index in [1.807, 2.05) is 6.07 Å². The molecule has 0 unspecified atom stereocenters. The van der Waals surface area contributed by atoms with E-state index in [1.54, 1.807) is 35.2 Å². The Morgan fingerprint density at radius 3 is 2.53 bits per heavy atom. The van der Waals surface area contributed by atoms with E-state index in [-0.39, 0.29) is 29.9 Å². The molecular formula is C24H18FN5O2. The normalized spacial score (nSPS) is 13.2. The molecule has 1 amide bonds. The number of halogens is 1. The number of nitriles is 2. The molecule has 1 aliphatic heterocycles. The van der Waals surface area contributed by atoms with Gasteiger partial charge in [0.05, 0.1) is 35.4 Å². The number of nitrogens with one attached hydrogen (secondary N) is 1. The molecule has 7 nitrogen and oxygen atoms in total. The van der Waals surface area contributed by atoms with Crippen molar-refractivity contribution in [3.8, 4) is 12.1 Å². The molecule has 1 aliphatic rings. The number of fused-ring (bicyclic) bond motifs is 1. The Morgan fingerprint density at radius 2 is 1.91 bits per heavy atom. The summed E-state index contributed by atoms with van der Waals surface area (Å²) in [5.41, 5.74) is 1.34. The van der Waals surface area contributed by atoms with Gasteiger partial charge in [0.15, 0.2) is 0 Å². The summed E-state index contributed by atoms with van der Waals surface area (Å²) in [7, 11) is 0. The second kappa shape index (κ2) is 8.37. The minimum Gasteiger partial charge on any atom is -0.377 e. The molecule has 4 rings (SSSR count). The van der Waals surface area contributed by atoms with Gasteiger partial charge in [-0.1, -0.05) is 18.7 Å². The molecular weight excluding hydrogens is 409 g/mol. The summed E-state index contributed by atoms with van der Waals surface area (Å²) >= 11 is 0. The lowest BCUT2D eigenvalue weighted by molar-refractivity contribution is -0.129. The number of carbonyl (C=O) groups is 1. The molecule has 0 spiro atoms. The third kappa shape index (κ3) is 3.70. The van der Waals surface area contributed by atoms with Crippen LogP contribution in [0.5, 0.6) is 0 Å². The van der Waals surface area contributed by atoms with Crippen molar-refractivity contribution < 1.29 is 9.18 Å². The third-order valence-corrected chi connectivity index (χ3v) is 5.48. The Balaban J connectivity index is 1.81. The number of likely N-dealkylation sites (tertiary alicyclic amines) is 1. The van der Waals surface area contributed by atoms with Crippen molar-refractivity contribution in [2.45, 2.75) is 12.6 Å². The van der Waals surface area contributed by atoms with Crippen LogP contribution in [-0.2, 0) is 11.3 Å². The van der Waals surface area contributed by atoms with Gasteiger partial charge in [0, 0.05) is 18.5 Å². The highest BCUT2D eigenvalue weighted by molar-refractivity contribution is 5.95. The summed E-state index contributed by atoms with van der Waals surface area (Å²) in [5.74, 6) is -0.568. The lowest BCUT2D eigenvalue weighted by atomic mass is 10.0. The van der Waals surface area contributed by atoms with Crippen LogP contribution in [0, 0.1) is 28.5 Å². The van der Waals surface area contributed by atoms with E-state index in [0.717, 1.165) is 0 Å². The Bertz CT molecular complexity index is 1370. The molecule has 2 aromatic carbocycles. The zero-order valence-electron chi connectivity index (χ0n) is 17.0. The quantitative estimate of drug-likeness (QED) is 0.631. The minimum absolute atomic E-state index is 0.0576. The van der Waals surface area contributed by atoms with E-state index < -0.39 is 5.56 Å². The molecule has 0 radical (unpaired) electrons. The largest absolute Gasteiger partial charge is 0.377 e. The fourth-order valence-electron chi connectivity index (χ4n) is 3.79. The van der Waals surface area contributed by atoms with Gasteiger partial charge in [-0.05, 0) is 42.0 Å². The summed E-state index contributed by atoms with van der Waals surface area (Å²) in [6.07, 6.45) is 1.24. The molecule has 158 valence electrons. The fourth-order valence-corrected chi connectivity index (χ4v) is 3.79. The van der Waals surface area contributed by atoms with Gasteiger partial charge in [-0.25, -0.2) is 4.39 Å². The van der Waals surface area contributed by atoms with Crippen LogP contribution in [0.25, 0.3) is 10.9 Å². The average molecular weight is 427 g/mol. The van der Waals surface area contributed by atoms with Gasteiger partial charge < -0.3 is 14.8 Å². The van der Waals surface area contributed by atoms with Crippen molar-refractivity contribution in [2.75, 3.05) is 18.4 Å². The van der Waals surface area contributed by atoms with Crippen LogP contribution in [0.3, 0.4) is 0 Å². The van der Waals surface area contributed by atoms with Crippen LogP contribution in [0.4, 0.5) is 10.1 Å². The number of aromatic nitrogens is 1. The SMILES string of the molecule is C=CC(=O)N1CC(Nc2c(C#N)c(=O)n(Cc3ccc(F)cc3)c3cc(C#N)ccc23)C1. The van der Waals surface area contributed by atoms with Crippen LogP contribution in [-0.4, -0.2) is 34.5 Å². The lowest BCUT2D eigenvalue weighted by Crippen LogP contribution is -2.56. The second-order valence-corrected chi connectivity index (χ2v) is 7.51. The Hall–Kier alpha value is -4.43. The maximum absolute atomic E-state index is 13.3. The molecule has 1 N–H and O–H groups in total. The van der Waals surface area contributed by atoms with Gasteiger partial charge in [0.2, 0.25) is 5.91 Å². The second-order valence-electron chi connectivity index (χ2n) is 7.51. The van der Waals surface area contributed by atoms with E-state index in [2.05, 4.69) is 18.0 Å². The lowest BCUT2D eigenvalue weighted by Gasteiger charge is -2.39. The highest BCUT2D eigenvalue weighted by Gasteiger charge is 2.31. The number of amides is 1. The third-order valence-electron chi connectivity index (χ3n) is 5.48. The van der Waals surface area contributed by atoms with Crippen LogP contribution >= 0.6 is 0 Å². The van der Waals surface area contributed by atoms with Gasteiger partial charge in [0.25, 0.3) is 5.56 Å². The van der Waals surface area contributed by atoms with E-state index in [1.165, 1.54) is 22.8 Å². The number of carbonyl (C=O) groups excluding carboxylic acids is 1. The summed E-state index contributed by atoms with van der Waals surface area (Å²) in [6, 6.07) is 14.6. The Kier molecular flexibility index (Phi) is 5.44. The molecule has 0 aliphatic carbocycles. The number of hydrogen-bond donors (Lipinski definition) is 1. The van der Waals surface area contributed by atoms with Gasteiger partial charge in [-0.2, -0.15) is 10.5 Å².